The molecule has 0 aromatic heterocycles. The summed E-state index contributed by atoms with van der Waals surface area (Å²) in [5.74, 6) is 1.20. The molecule has 28 heavy (non-hydrogen) atoms. The predicted octanol–water partition coefficient (Wildman–Crippen LogP) is 3.70. The van der Waals surface area contributed by atoms with Crippen LogP contribution in [-0.2, 0) is 4.79 Å². The zero-order valence-corrected chi connectivity index (χ0v) is 16.0. The molecular weight excluding hydrogens is 358 g/mol. The Labute approximate surface area is 164 Å². The van der Waals surface area contributed by atoms with Crippen LogP contribution in [0, 0.1) is 5.92 Å². The van der Waals surface area contributed by atoms with Crippen LogP contribution < -0.4 is 14.2 Å². The van der Waals surface area contributed by atoms with E-state index in [1.54, 1.807) is 0 Å². The van der Waals surface area contributed by atoms with Crippen molar-refractivity contribution in [1.82, 2.24) is 4.90 Å². The van der Waals surface area contributed by atoms with Crippen LogP contribution in [-0.4, -0.2) is 42.5 Å². The minimum Gasteiger partial charge on any atom is -0.494 e. The maximum absolute atomic E-state index is 11.6. The Kier molecular flexibility index (Phi) is 5.39. The average molecular weight is 383 g/mol. The van der Waals surface area contributed by atoms with Gasteiger partial charge in [0.15, 0.2) is 11.5 Å². The third kappa shape index (κ3) is 3.64. The zero-order valence-electron chi connectivity index (χ0n) is 16.0. The molecule has 0 spiro atoms. The van der Waals surface area contributed by atoms with Crippen LogP contribution >= 0.6 is 0 Å². The summed E-state index contributed by atoms with van der Waals surface area (Å²) in [6.45, 7) is 4.11. The van der Waals surface area contributed by atoms with Gasteiger partial charge in [-0.25, -0.2) is 0 Å². The molecule has 0 aliphatic carbocycles. The number of hydrogen-bond acceptors (Lipinski definition) is 5. The number of piperidine rings is 1. The van der Waals surface area contributed by atoms with Crippen molar-refractivity contribution in [3.05, 3.63) is 53.6 Å². The number of rotatable bonds is 6. The Morgan fingerprint density at radius 3 is 2.89 bits per heavy atom. The average Bonchev–Trinajstić information content (AvgIpc) is 3.18. The Morgan fingerprint density at radius 1 is 1.25 bits per heavy atom. The third-order valence-electron chi connectivity index (χ3n) is 5.39. The van der Waals surface area contributed by atoms with Crippen molar-refractivity contribution in [1.29, 1.82) is 0 Å². The summed E-state index contributed by atoms with van der Waals surface area (Å²) in [5, 5.41) is 9.56. The first-order chi connectivity index (χ1) is 13.7. The summed E-state index contributed by atoms with van der Waals surface area (Å²) in [4.78, 5) is 13.9. The summed E-state index contributed by atoms with van der Waals surface area (Å²) >= 11 is 0. The molecule has 1 fully saturated rings. The van der Waals surface area contributed by atoms with Crippen LogP contribution in [0.3, 0.4) is 0 Å². The highest BCUT2D eigenvalue weighted by atomic mass is 16.7. The zero-order chi connectivity index (χ0) is 19.5. The quantitative estimate of drug-likeness (QED) is 0.820. The second-order valence-electron chi connectivity index (χ2n) is 7.16. The molecule has 1 N–H and O–H groups in total. The highest BCUT2D eigenvalue weighted by Gasteiger charge is 2.33. The Hall–Kier alpha value is -2.73. The van der Waals surface area contributed by atoms with Crippen LogP contribution in [0.5, 0.6) is 17.2 Å². The maximum Gasteiger partial charge on any atom is 0.307 e. The van der Waals surface area contributed by atoms with Crippen LogP contribution in [0.4, 0.5) is 0 Å². The van der Waals surface area contributed by atoms with Gasteiger partial charge in [-0.05, 0) is 50.1 Å². The molecule has 2 aromatic rings. The van der Waals surface area contributed by atoms with Crippen molar-refractivity contribution in [3.8, 4) is 17.2 Å². The lowest BCUT2D eigenvalue weighted by molar-refractivity contribution is -0.143. The molecule has 2 atom stereocenters. The molecule has 2 aromatic carbocycles. The first-order valence-corrected chi connectivity index (χ1v) is 9.75. The van der Waals surface area contributed by atoms with Crippen LogP contribution in [0.15, 0.2) is 42.5 Å². The van der Waals surface area contributed by atoms with Gasteiger partial charge in [-0.1, -0.05) is 24.3 Å². The highest BCUT2D eigenvalue weighted by molar-refractivity contribution is 5.70. The second-order valence-corrected chi connectivity index (χ2v) is 7.16. The fourth-order valence-corrected chi connectivity index (χ4v) is 4.11. The van der Waals surface area contributed by atoms with E-state index < -0.39 is 5.97 Å². The number of likely N-dealkylation sites (tertiary alicyclic amines) is 1. The van der Waals surface area contributed by atoms with E-state index in [1.807, 2.05) is 43.3 Å². The minimum absolute atomic E-state index is 0.112. The summed E-state index contributed by atoms with van der Waals surface area (Å²) in [7, 11) is 0. The fourth-order valence-electron chi connectivity index (χ4n) is 4.11. The van der Waals surface area contributed by atoms with E-state index in [2.05, 4.69) is 11.0 Å². The summed E-state index contributed by atoms with van der Waals surface area (Å²) in [6, 6.07) is 13.8. The first kappa shape index (κ1) is 18.6. The smallest absolute Gasteiger partial charge is 0.307 e. The van der Waals surface area contributed by atoms with Gasteiger partial charge in [0.05, 0.1) is 18.6 Å². The fraction of sp³-hybridized carbons (Fsp3) is 0.409. The number of benzene rings is 2. The van der Waals surface area contributed by atoms with Gasteiger partial charge in [0.2, 0.25) is 6.79 Å². The molecule has 1 saturated heterocycles. The van der Waals surface area contributed by atoms with Gasteiger partial charge < -0.3 is 19.3 Å². The molecule has 0 saturated carbocycles. The predicted molar refractivity (Wildman–Crippen MR) is 104 cm³/mol. The maximum atomic E-state index is 11.6. The Balaban J connectivity index is 1.76. The van der Waals surface area contributed by atoms with Crippen LogP contribution in [0.1, 0.15) is 36.9 Å². The van der Waals surface area contributed by atoms with Gasteiger partial charge in [-0.15, -0.1) is 0 Å². The molecule has 6 heteroatoms. The number of hydrogen-bond donors (Lipinski definition) is 1. The molecule has 4 rings (SSSR count). The number of ether oxygens (including phenoxy) is 3. The number of para-hydroxylation sites is 1. The minimum atomic E-state index is -0.729. The highest BCUT2D eigenvalue weighted by Crippen LogP contribution is 2.41. The van der Waals surface area contributed by atoms with Gasteiger partial charge >= 0.3 is 5.97 Å². The van der Waals surface area contributed by atoms with Gasteiger partial charge in [-0.2, -0.15) is 0 Å². The number of carbonyl (C=O) groups is 1. The third-order valence-corrected chi connectivity index (χ3v) is 5.39. The monoisotopic (exact) mass is 383 g/mol. The normalized spacial score (nSPS) is 20.0. The molecule has 0 amide bonds. The van der Waals surface area contributed by atoms with Crippen molar-refractivity contribution in [2.75, 3.05) is 26.5 Å². The molecule has 0 radical (unpaired) electrons. The lowest BCUT2D eigenvalue weighted by atomic mass is 9.91. The number of fused-ring (bicyclic) bond motifs is 1. The number of aliphatic carboxylic acids is 1. The van der Waals surface area contributed by atoms with Gasteiger partial charge in [-0.3, -0.25) is 9.69 Å². The van der Waals surface area contributed by atoms with Crippen molar-refractivity contribution in [3.63, 3.8) is 0 Å². The van der Waals surface area contributed by atoms with Gasteiger partial charge in [0.1, 0.15) is 5.75 Å². The van der Waals surface area contributed by atoms with Crippen molar-refractivity contribution >= 4 is 5.97 Å². The lowest BCUT2D eigenvalue weighted by Crippen LogP contribution is -2.41. The van der Waals surface area contributed by atoms with Crippen molar-refractivity contribution < 1.29 is 24.1 Å². The Morgan fingerprint density at radius 2 is 2.07 bits per heavy atom. The van der Waals surface area contributed by atoms with Crippen LogP contribution in [0.25, 0.3) is 0 Å². The molecule has 6 nitrogen and oxygen atoms in total. The van der Waals surface area contributed by atoms with Gasteiger partial charge in [0.25, 0.3) is 0 Å². The summed E-state index contributed by atoms with van der Waals surface area (Å²) in [6.07, 6.45) is 1.57. The molecule has 0 bridgehead atoms. The van der Waals surface area contributed by atoms with Crippen molar-refractivity contribution in [2.24, 2.45) is 5.92 Å². The second kappa shape index (κ2) is 8.10. The van der Waals surface area contributed by atoms with E-state index >= 15 is 0 Å². The number of carboxylic acids is 1. The largest absolute Gasteiger partial charge is 0.494 e. The molecule has 2 aliphatic heterocycles. The van der Waals surface area contributed by atoms with E-state index in [0.717, 1.165) is 41.3 Å². The topological polar surface area (TPSA) is 68.2 Å². The summed E-state index contributed by atoms with van der Waals surface area (Å²) in [5.41, 5.74) is 2.08. The summed E-state index contributed by atoms with van der Waals surface area (Å²) < 4.78 is 16.9. The van der Waals surface area contributed by atoms with E-state index in [-0.39, 0.29) is 18.8 Å². The molecule has 148 valence electrons. The molecule has 2 unspecified atom stereocenters. The Bertz CT molecular complexity index is 853. The lowest BCUT2D eigenvalue weighted by Gasteiger charge is -2.38. The van der Waals surface area contributed by atoms with E-state index in [4.69, 9.17) is 14.2 Å². The van der Waals surface area contributed by atoms with E-state index in [0.29, 0.717) is 19.6 Å². The number of carboxylic acid groups (broad SMARTS) is 1. The number of nitrogens with zero attached hydrogens (tertiary/aromatic N) is 1. The molecule has 2 heterocycles. The van der Waals surface area contributed by atoms with Crippen molar-refractivity contribution in [2.45, 2.75) is 25.8 Å². The van der Waals surface area contributed by atoms with E-state index in [1.165, 1.54) is 0 Å². The van der Waals surface area contributed by atoms with Gasteiger partial charge in [0, 0.05) is 12.1 Å². The van der Waals surface area contributed by atoms with E-state index in [9.17, 15) is 9.90 Å². The molecule has 2 aliphatic rings. The SMILES string of the molecule is CCOc1ccccc1C(c1ccc2c(c1)OCO2)N1CCCC(C(=O)O)C1. The first-order valence-electron chi connectivity index (χ1n) is 9.75. The molecular formula is C22H25NO5. The standard InChI is InChI=1S/C22H25NO5/c1-2-26-18-8-4-3-7-17(18)21(23-11-5-6-16(13-23)22(24)25)15-9-10-19-20(12-15)28-14-27-19/h3-4,7-10,12,16,21H,2,5-6,11,13-14H2,1H3,(H,24,25). The van der Waals surface area contributed by atoms with Crippen LogP contribution in [0.2, 0.25) is 0 Å².